The van der Waals surface area contributed by atoms with Crippen LogP contribution in [0.3, 0.4) is 0 Å². The van der Waals surface area contributed by atoms with Crippen LogP contribution in [-0.4, -0.2) is 29.8 Å². The minimum absolute atomic E-state index is 0.00622. The first kappa shape index (κ1) is 14.1. The van der Waals surface area contributed by atoms with Gasteiger partial charge in [-0.05, 0) is 30.5 Å². The van der Waals surface area contributed by atoms with Crippen LogP contribution in [0, 0.1) is 0 Å². The van der Waals surface area contributed by atoms with Gasteiger partial charge in [0.25, 0.3) is 5.91 Å². The van der Waals surface area contributed by atoms with Gasteiger partial charge in [0.15, 0.2) is 0 Å². The summed E-state index contributed by atoms with van der Waals surface area (Å²) >= 11 is 0. The van der Waals surface area contributed by atoms with Crippen LogP contribution in [-0.2, 0) is 11.2 Å². The van der Waals surface area contributed by atoms with Crippen molar-refractivity contribution in [1.29, 1.82) is 0 Å². The maximum absolute atomic E-state index is 12.7. The van der Waals surface area contributed by atoms with Crippen molar-refractivity contribution in [2.75, 3.05) is 12.4 Å². The van der Waals surface area contributed by atoms with E-state index in [0.29, 0.717) is 18.0 Å². The normalized spacial score (nSPS) is 18.8. The molecule has 1 aromatic carbocycles. The number of benzene rings is 1. The second-order valence-corrected chi connectivity index (χ2v) is 6.16. The van der Waals surface area contributed by atoms with Crippen LogP contribution in [0.5, 0.6) is 0 Å². The number of nitrogens with one attached hydrogen (secondary N) is 1. The van der Waals surface area contributed by atoms with Crippen LogP contribution in [0.15, 0.2) is 18.2 Å². The highest BCUT2D eigenvalue weighted by atomic mass is 16.2. The number of fused-ring (bicyclic) bond motifs is 1. The fourth-order valence-electron chi connectivity index (χ4n) is 3.36. The lowest BCUT2D eigenvalue weighted by atomic mass is 10.0. The lowest BCUT2D eigenvalue weighted by Crippen LogP contribution is -2.36. The maximum atomic E-state index is 12.7. The van der Waals surface area contributed by atoms with Crippen LogP contribution >= 0.6 is 0 Å². The molecule has 4 nitrogen and oxygen atoms in total. The van der Waals surface area contributed by atoms with E-state index in [9.17, 15) is 9.59 Å². The number of anilines is 1. The summed E-state index contributed by atoms with van der Waals surface area (Å²) in [6.07, 6.45) is 7.61. The molecular formula is C17H22N2O2. The van der Waals surface area contributed by atoms with Gasteiger partial charge in [0.05, 0.1) is 6.42 Å². The van der Waals surface area contributed by atoms with Crippen molar-refractivity contribution >= 4 is 17.5 Å². The fourth-order valence-corrected chi connectivity index (χ4v) is 3.36. The van der Waals surface area contributed by atoms with Crippen molar-refractivity contribution in [3.05, 3.63) is 29.3 Å². The Hall–Kier alpha value is -1.84. The molecule has 0 bridgehead atoms. The first-order valence-electron chi connectivity index (χ1n) is 7.85. The third-order valence-corrected chi connectivity index (χ3v) is 4.67. The highest BCUT2D eigenvalue weighted by Gasteiger charge is 2.24. The van der Waals surface area contributed by atoms with Crippen LogP contribution in [0.4, 0.5) is 5.69 Å². The van der Waals surface area contributed by atoms with Crippen molar-refractivity contribution in [1.82, 2.24) is 4.90 Å². The van der Waals surface area contributed by atoms with Gasteiger partial charge < -0.3 is 10.2 Å². The summed E-state index contributed by atoms with van der Waals surface area (Å²) in [6.45, 7) is 0. The van der Waals surface area contributed by atoms with E-state index in [1.807, 2.05) is 30.1 Å². The van der Waals surface area contributed by atoms with E-state index in [-0.39, 0.29) is 11.8 Å². The van der Waals surface area contributed by atoms with Gasteiger partial charge in [0, 0.05) is 24.3 Å². The van der Waals surface area contributed by atoms with Gasteiger partial charge in [0.2, 0.25) is 5.91 Å². The van der Waals surface area contributed by atoms with Gasteiger partial charge in [-0.25, -0.2) is 0 Å². The minimum Gasteiger partial charge on any atom is -0.339 e. The van der Waals surface area contributed by atoms with Gasteiger partial charge in [-0.1, -0.05) is 31.7 Å². The molecule has 1 N–H and O–H groups in total. The number of nitrogens with zero attached hydrogens (tertiary/aromatic N) is 1. The van der Waals surface area contributed by atoms with E-state index < -0.39 is 0 Å². The Morgan fingerprint density at radius 3 is 2.62 bits per heavy atom. The molecule has 0 spiro atoms. The zero-order valence-corrected chi connectivity index (χ0v) is 12.5. The van der Waals surface area contributed by atoms with E-state index in [4.69, 9.17) is 0 Å². The number of hydrogen-bond acceptors (Lipinski definition) is 2. The van der Waals surface area contributed by atoms with Crippen LogP contribution in [0.1, 0.15) is 54.4 Å². The van der Waals surface area contributed by atoms with Gasteiger partial charge in [-0.2, -0.15) is 0 Å². The molecule has 1 aliphatic heterocycles. The molecule has 2 amide bonds. The monoisotopic (exact) mass is 286 g/mol. The largest absolute Gasteiger partial charge is 0.339 e. The molecule has 0 radical (unpaired) electrons. The number of amides is 2. The number of carbonyl (C=O) groups excluding carboxylic acids is 2. The molecule has 1 aromatic rings. The predicted octanol–water partition coefficient (Wildman–Crippen LogP) is 2.98. The van der Waals surface area contributed by atoms with Crippen LogP contribution in [0.25, 0.3) is 0 Å². The zero-order valence-electron chi connectivity index (χ0n) is 12.5. The van der Waals surface area contributed by atoms with E-state index in [1.165, 1.54) is 25.7 Å². The SMILES string of the molecule is CN(C(=O)c1ccc2c(c1)NC(=O)C2)C1CCCCCC1. The Morgan fingerprint density at radius 2 is 1.90 bits per heavy atom. The van der Waals surface area contributed by atoms with Gasteiger partial charge in [0.1, 0.15) is 0 Å². The van der Waals surface area contributed by atoms with Gasteiger partial charge in [-0.15, -0.1) is 0 Å². The smallest absolute Gasteiger partial charge is 0.253 e. The van der Waals surface area contributed by atoms with E-state index in [2.05, 4.69) is 5.32 Å². The lowest BCUT2D eigenvalue weighted by Gasteiger charge is -2.27. The quantitative estimate of drug-likeness (QED) is 0.850. The molecule has 112 valence electrons. The highest BCUT2D eigenvalue weighted by molar-refractivity contribution is 6.02. The number of hydrogen-bond donors (Lipinski definition) is 1. The molecule has 1 fully saturated rings. The summed E-state index contributed by atoms with van der Waals surface area (Å²) in [7, 11) is 1.91. The summed E-state index contributed by atoms with van der Waals surface area (Å²) in [5.41, 5.74) is 2.44. The summed E-state index contributed by atoms with van der Waals surface area (Å²) in [4.78, 5) is 25.9. The summed E-state index contributed by atoms with van der Waals surface area (Å²) in [6, 6.07) is 5.90. The summed E-state index contributed by atoms with van der Waals surface area (Å²) in [5, 5.41) is 2.81. The van der Waals surface area contributed by atoms with Crippen molar-refractivity contribution in [3.63, 3.8) is 0 Å². The molecule has 1 aliphatic carbocycles. The Bertz CT molecular complexity index is 560. The molecule has 0 unspecified atom stereocenters. The summed E-state index contributed by atoms with van der Waals surface area (Å²) < 4.78 is 0. The molecule has 21 heavy (non-hydrogen) atoms. The molecule has 0 saturated heterocycles. The van der Waals surface area contributed by atoms with Gasteiger partial charge in [-0.3, -0.25) is 9.59 Å². The number of rotatable bonds is 2. The van der Waals surface area contributed by atoms with Crippen molar-refractivity contribution in [2.24, 2.45) is 0 Å². The average molecular weight is 286 g/mol. The molecule has 1 heterocycles. The average Bonchev–Trinajstić information content (AvgIpc) is 2.68. The molecule has 1 saturated carbocycles. The Labute approximate surface area is 125 Å². The first-order chi connectivity index (χ1) is 10.1. The van der Waals surface area contributed by atoms with E-state index in [0.717, 1.165) is 24.1 Å². The third kappa shape index (κ3) is 2.94. The predicted molar refractivity (Wildman–Crippen MR) is 82.4 cm³/mol. The molecule has 4 heteroatoms. The van der Waals surface area contributed by atoms with E-state index in [1.54, 1.807) is 0 Å². The van der Waals surface area contributed by atoms with Crippen molar-refractivity contribution in [3.8, 4) is 0 Å². The molecule has 0 aromatic heterocycles. The third-order valence-electron chi connectivity index (χ3n) is 4.67. The Balaban J connectivity index is 1.75. The highest BCUT2D eigenvalue weighted by Crippen LogP contribution is 2.26. The molecular weight excluding hydrogens is 264 g/mol. The second-order valence-electron chi connectivity index (χ2n) is 6.16. The van der Waals surface area contributed by atoms with Crippen LogP contribution < -0.4 is 5.32 Å². The second kappa shape index (κ2) is 5.88. The minimum atomic E-state index is 0.00622. The maximum Gasteiger partial charge on any atom is 0.253 e. The fraction of sp³-hybridized carbons (Fsp3) is 0.529. The molecule has 3 rings (SSSR count). The molecule has 0 atom stereocenters. The number of carbonyl (C=O) groups is 2. The van der Waals surface area contributed by atoms with Crippen molar-refractivity contribution < 1.29 is 9.59 Å². The standard InChI is InChI=1S/C17H22N2O2/c1-19(14-6-4-2-3-5-7-14)17(21)13-9-8-12-11-16(20)18-15(12)10-13/h8-10,14H,2-7,11H2,1H3,(H,18,20). The van der Waals surface area contributed by atoms with Gasteiger partial charge >= 0.3 is 0 Å². The summed E-state index contributed by atoms with van der Waals surface area (Å²) in [5.74, 6) is 0.0672. The van der Waals surface area contributed by atoms with Crippen LogP contribution in [0.2, 0.25) is 0 Å². The molecule has 2 aliphatic rings. The Morgan fingerprint density at radius 1 is 1.19 bits per heavy atom. The van der Waals surface area contributed by atoms with E-state index >= 15 is 0 Å². The zero-order chi connectivity index (χ0) is 14.8. The first-order valence-corrected chi connectivity index (χ1v) is 7.85. The lowest BCUT2D eigenvalue weighted by molar-refractivity contribution is -0.115. The topological polar surface area (TPSA) is 49.4 Å². The Kier molecular flexibility index (Phi) is 3.95. The van der Waals surface area contributed by atoms with Crippen molar-refractivity contribution in [2.45, 2.75) is 51.0 Å².